The molecule has 382 valence electrons. The van der Waals surface area contributed by atoms with E-state index >= 15 is 0 Å². The third-order valence-electron chi connectivity index (χ3n) is 13.0. The zero-order chi connectivity index (χ0) is 51.4. The minimum atomic E-state index is -5.51. The molecule has 1 fully saturated rings. The third-order valence-corrected chi connectivity index (χ3v) is 15.2. The highest BCUT2D eigenvalue weighted by Crippen LogP contribution is 2.57. The van der Waals surface area contributed by atoms with Gasteiger partial charge in [0.05, 0.1) is 25.3 Å². The van der Waals surface area contributed by atoms with E-state index in [1.807, 2.05) is 12.1 Å². The molecule has 25 nitrogen and oxygen atoms in total. The molecular formula is C45H53N9O16P2+2. The van der Waals surface area contributed by atoms with Gasteiger partial charge in [-0.05, 0) is 74.6 Å². The lowest BCUT2D eigenvalue weighted by atomic mass is 9.85. The molecule has 72 heavy (non-hydrogen) atoms. The number of hydrogen-bond acceptors (Lipinski definition) is 15. The van der Waals surface area contributed by atoms with E-state index in [2.05, 4.69) is 64.9 Å². The minimum absolute atomic E-state index is 0.00875. The fraction of sp³-hybridized carbons (Fsp3) is 0.400. The first-order valence-corrected chi connectivity index (χ1v) is 26.1. The monoisotopic (exact) mass is 1040 g/mol. The number of hydrogen-bond donors (Lipinski definition) is 9. The molecule has 4 aliphatic rings. The van der Waals surface area contributed by atoms with Gasteiger partial charge in [0.25, 0.3) is 17.4 Å². The van der Waals surface area contributed by atoms with Gasteiger partial charge in [-0.15, -0.1) is 0 Å². The number of nitrogens with one attached hydrogen (secondary N) is 3. The van der Waals surface area contributed by atoms with Crippen molar-refractivity contribution in [3.8, 4) is 11.5 Å². The Labute approximate surface area is 408 Å². The van der Waals surface area contributed by atoms with Gasteiger partial charge in [0.1, 0.15) is 36.8 Å². The van der Waals surface area contributed by atoms with Crippen LogP contribution >= 0.6 is 15.6 Å². The summed E-state index contributed by atoms with van der Waals surface area (Å²) in [5.41, 5.74) is 10.1. The number of phosphoric acid groups is 2. The van der Waals surface area contributed by atoms with Gasteiger partial charge < -0.3 is 60.4 Å². The lowest BCUT2D eigenvalue weighted by molar-refractivity contribution is -0.745. The lowest BCUT2D eigenvalue weighted by Gasteiger charge is -2.32. The highest BCUT2D eigenvalue weighted by Gasteiger charge is 2.51. The number of aromatic nitrogens is 4. The second-order valence-electron chi connectivity index (χ2n) is 17.6. The van der Waals surface area contributed by atoms with Crippen LogP contribution < -0.4 is 51.3 Å². The molecule has 3 aromatic carbocycles. The zero-order valence-electron chi connectivity index (χ0n) is 39.1. The summed E-state index contributed by atoms with van der Waals surface area (Å²) in [7, 11) is -9.44. The number of carboxylic acid groups (broad SMARTS) is 1. The highest BCUT2D eigenvalue weighted by atomic mass is 31.3. The summed E-state index contributed by atoms with van der Waals surface area (Å²) in [5, 5.41) is 28.9. The van der Waals surface area contributed by atoms with Crippen molar-refractivity contribution in [1.29, 1.82) is 0 Å². The van der Waals surface area contributed by atoms with Crippen LogP contribution in [0.15, 0.2) is 53.6 Å². The number of nitrogen functional groups attached to an aromatic ring is 1. The Morgan fingerprint density at radius 2 is 1.76 bits per heavy atom. The first kappa shape index (κ1) is 50.4. The number of carbonyl (C=O) groups is 3. The molecule has 0 aliphatic carbocycles. The molecule has 0 bridgehead atoms. The number of fused-ring (bicyclic) bond motifs is 5. The maximum atomic E-state index is 13.9. The Hall–Kier alpha value is -6.53. The molecule has 9 rings (SSSR count). The fourth-order valence-electron chi connectivity index (χ4n) is 9.82. The van der Waals surface area contributed by atoms with E-state index in [0.717, 1.165) is 74.0 Å². The van der Waals surface area contributed by atoms with Gasteiger partial charge in [-0.3, -0.25) is 23.7 Å². The summed E-state index contributed by atoms with van der Waals surface area (Å²) in [5.74, 6) is -0.939. The Kier molecular flexibility index (Phi) is 13.9. The van der Waals surface area contributed by atoms with E-state index in [1.165, 1.54) is 34.6 Å². The third kappa shape index (κ3) is 9.99. The number of imidazole rings is 1. The molecule has 4 aliphatic heterocycles. The number of aromatic amines is 1. The van der Waals surface area contributed by atoms with Crippen molar-refractivity contribution < 1.29 is 76.0 Å². The van der Waals surface area contributed by atoms with Crippen LogP contribution in [0, 0.1) is 0 Å². The first-order chi connectivity index (χ1) is 34.2. The zero-order valence-corrected chi connectivity index (χ0v) is 40.9. The number of aliphatic hydroxyl groups is 1. The molecule has 10 N–H and O–H groups in total. The van der Waals surface area contributed by atoms with Gasteiger partial charge in [0.2, 0.25) is 17.1 Å². The summed E-state index contributed by atoms with van der Waals surface area (Å²) in [6.45, 7) is 6.17. The second kappa shape index (κ2) is 19.8. The van der Waals surface area contributed by atoms with Crippen molar-refractivity contribution in [2.24, 2.45) is 7.05 Å². The normalized spacial score (nSPS) is 20.2. The van der Waals surface area contributed by atoms with Gasteiger partial charge >= 0.3 is 33.4 Å². The maximum absolute atomic E-state index is 13.9. The number of aromatic carboxylic acids is 1. The molecular weight excluding hydrogens is 984 g/mol. The number of carboxylic acids is 1. The smallest absolute Gasteiger partial charge is 0.478 e. The van der Waals surface area contributed by atoms with Crippen molar-refractivity contribution in [3.63, 3.8) is 0 Å². The van der Waals surface area contributed by atoms with E-state index in [-0.39, 0.29) is 41.3 Å². The van der Waals surface area contributed by atoms with E-state index < -0.39 is 70.3 Å². The molecule has 2 aromatic heterocycles. The van der Waals surface area contributed by atoms with Crippen LogP contribution in [0.2, 0.25) is 0 Å². The molecule has 1 unspecified atom stereocenters. The number of H-pyrrole nitrogens is 1. The second-order valence-corrected chi connectivity index (χ2v) is 20.4. The number of phosphoric ester groups is 1. The number of ether oxygens (including phenoxy) is 3. The number of aryl methyl sites for hydroxylation is 3. The molecule has 27 heteroatoms. The molecule has 0 spiro atoms. The average Bonchev–Trinajstić information content (AvgIpc) is 3.82. The maximum Gasteiger partial charge on any atom is 0.481 e. The van der Waals surface area contributed by atoms with E-state index in [0.29, 0.717) is 33.4 Å². The van der Waals surface area contributed by atoms with Gasteiger partial charge in [0, 0.05) is 71.8 Å². The molecule has 6 heterocycles. The number of nitrogens with zero attached hydrogens (tertiary/aromatic N) is 5. The number of rotatable bonds is 15. The Balaban J connectivity index is 0.960. The standard InChI is InChI=1S/C45H51N9O16P2/c1-4-52-14-6-8-23-16-28-32(19-30(23)52)67-33-20-31-24(9-7-15-53(31)5-2)17-29(33)35(28)27-18-25(10-11-26(27)43(58)59)40(56)47-12-13-48-45(60)69-38-37(55)34(21-66-72(64,65)70-71(61,62)63)68-42(38)54-22-51(3)36-39(54)49-44(46)50-41(36)57/h10-11,16-20,22,34,37-38,42,55H,4-9,12-15,21H2,1-3H3,(H7-2,46,47,48,49,50,56,57,58,59,60,61,62,63,64,65)/p+2/t34-,37-,38-,42-/m1/s1. The number of anilines is 2. The van der Waals surface area contributed by atoms with Crippen LogP contribution in [0.4, 0.5) is 16.4 Å². The van der Waals surface area contributed by atoms with Gasteiger partial charge in [-0.25, -0.2) is 27.9 Å². The average molecular weight is 1040 g/mol. The van der Waals surface area contributed by atoms with Crippen LogP contribution in [0.25, 0.3) is 16.7 Å². The van der Waals surface area contributed by atoms with Crippen LogP contribution in [0.1, 0.15) is 75.9 Å². The molecule has 0 saturated carbocycles. The number of nitrogens with two attached hydrogens (primary N) is 1. The summed E-state index contributed by atoms with van der Waals surface area (Å²) in [6.07, 6.45) is -2.92. The summed E-state index contributed by atoms with van der Waals surface area (Å²) in [4.78, 5) is 89.7. The van der Waals surface area contributed by atoms with Gasteiger partial charge in [-0.2, -0.15) is 4.31 Å². The number of carbonyl (C=O) groups excluding carboxylic acids is 2. The van der Waals surface area contributed by atoms with Crippen LogP contribution in [0.3, 0.4) is 0 Å². The van der Waals surface area contributed by atoms with E-state index in [9.17, 15) is 43.4 Å². The predicted molar refractivity (Wildman–Crippen MR) is 254 cm³/mol. The van der Waals surface area contributed by atoms with Crippen molar-refractivity contribution in [1.82, 2.24) is 29.7 Å². The number of amides is 2. The SMILES string of the molecule is CCN1CCCc2cc3c(cc21)Oc1cc2c(cc1=C3c1cc(C(=O)NCCNC(=O)O[C@@H]3[C@H](O)[C@@H](COP(=O)(O)OP(=O)(O)O)O[C@H]3[n+]3cn(C)c4c(=O)[nH]c(N)nc43)ccc1C(=O)O)CCC[N+]=2CC. The largest absolute Gasteiger partial charge is 0.481 e. The van der Waals surface area contributed by atoms with Crippen LogP contribution in [0.5, 0.6) is 11.5 Å². The molecule has 5 aromatic rings. The number of alkyl carbamates (subject to hydrolysis) is 1. The van der Waals surface area contributed by atoms with Gasteiger partial charge in [-0.1, -0.05) is 4.98 Å². The van der Waals surface area contributed by atoms with Crippen molar-refractivity contribution in [3.05, 3.63) is 103 Å². The van der Waals surface area contributed by atoms with Gasteiger partial charge in [0.15, 0.2) is 12.4 Å². The summed E-state index contributed by atoms with van der Waals surface area (Å²) >= 11 is 0. The Bertz CT molecular complexity index is 3340. The number of benzene rings is 3. The van der Waals surface area contributed by atoms with E-state index in [4.69, 9.17) is 29.7 Å². The Morgan fingerprint density at radius 1 is 1.00 bits per heavy atom. The number of aliphatic hydroxyl groups excluding tert-OH is 1. The van der Waals surface area contributed by atoms with E-state index in [1.54, 1.807) is 6.07 Å². The predicted octanol–water partition coefficient (Wildman–Crippen LogP) is 0.422. The minimum Gasteiger partial charge on any atom is -0.478 e. The molecule has 0 radical (unpaired) electrons. The highest BCUT2D eigenvalue weighted by molar-refractivity contribution is 7.60. The molecule has 2 amide bonds. The van der Waals surface area contributed by atoms with Crippen molar-refractivity contribution in [2.75, 3.05) is 56.5 Å². The Morgan fingerprint density at radius 3 is 2.50 bits per heavy atom. The molecule has 1 saturated heterocycles. The fourth-order valence-corrected chi connectivity index (χ4v) is 11.4. The summed E-state index contributed by atoms with van der Waals surface area (Å²) in [6, 6.07) is 12.5. The quantitative estimate of drug-likeness (QED) is 0.0382. The topological polar surface area (TPSA) is 344 Å². The van der Waals surface area contributed by atoms with Crippen LogP contribution in [-0.4, -0.2) is 122 Å². The van der Waals surface area contributed by atoms with Crippen molar-refractivity contribution >= 4 is 62.0 Å². The molecule has 5 atom stereocenters. The summed E-state index contributed by atoms with van der Waals surface area (Å²) < 4.78 is 55.0. The first-order valence-electron chi connectivity index (χ1n) is 23.1. The lowest BCUT2D eigenvalue weighted by Crippen LogP contribution is -2.49. The van der Waals surface area contributed by atoms with Crippen molar-refractivity contribution in [2.45, 2.75) is 64.1 Å². The van der Waals surface area contributed by atoms with Crippen LogP contribution in [-0.2, 0) is 47.3 Å².